The molecule has 0 saturated heterocycles. The number of hydrogen-bond acceptors (Lipinski definition) is 8. The average Bonchev–Trinajstić information content (AvgIpc) is 3.47. The second-order valence-electron chi connectivity index (χ2n) is 7.63. The minimum Gasteiger partial charge on any atom is -0.497 e. The summed E-state index contributed by atoms with van der Waals surface area (Å²) in [5, 5.41) is 15.6. The molecule has 0 fully saturated rings. The molecule has 0 radical (unpaired) electrons. The number of anilines is 1. The smallest absolute Gasteiger partial charge is 0.256 e. The van der Waals surface area contributed by atoms with Gasteiger partial charge in [0.2, 0.25) is 0 Å². The lowest BCUT2D eigenvalue weighted by atomic mass is 10.1. The van der Waals surface area contributed by atoms with Crippen LogP contribution in [-0.4, -0.2) is 47.1 Å². The van der Waals surface area contributed by atoms with Crippen LogP contribution < -0.4 is 20.1 Å². The number of carbonyl (C=O) groups is 1. The number of benzene rings is 1. The minimum atomic E-state index is -0.306. The van der Waals surface area contributed by atoms with Crippen LogP contribution in [0.4, 0.5) is 5.82 Å². The van der Waals surface area contributed by atoms with E-state index in [0.717, 1.165) is 16.5 Å². The third kappa shape index (κ3) is 4.07. The summed E-state index contributed by atoms with van der Waals surface area (Å²) in [6.45, 7) is 4.52. The third-order valence-corrected chi connectivity index (χ3v) is 5.32. The van der Waals surface area contributed by atoms with Crippen LogP contribution in [0.15, 0.2) is 41.2 Å². The molecule has 3 aromatic heterocycles. The van der Waals surface area contributed by atoms with Gasteiger partial charge in [-0.2, -0.15) is 5.10 Å². The fraction of sp³-hybridized carbons (Fsp3) is 0.304. The Hall–Kier alpha value is -4.08. The molecule has 4 rings (SSSR count). The minimum absolute atomic E-state index is 0.0773. The predicted molar refractivity (Wildman–Crippen MR) is 124 cm³/mol. The number of rotatable bonds is 8. The monoisotopic (exact) mass is 450 g/mol. The number of hydrogen-bond donors (Lipinski definition) is 2. The number of methoxy groups -OCH3 is 2. The fourth-order valence-corrected chi connectivity index (χ4v) is 3.66. The van der Waals surface area contributed by atoms with Crippen molar-refractivity contribution in [2.24, 2.45) is 0 Å². The maximum Gasteiger partial charge on any atom is 0.256 e. The molecule has 10 heteroatoms. The molecule has 0 aliphatic heterocycles. The Kier molecular flexibility index (Phi) is 6.16. The molecule has 33 heavy (non-hydrogen) atoms. The van der Waals surface area contributed by atoms with Crippen molar-refractivity contribution in [3.8, 4) is 22.9 Å². The van der Waals surface area contributed by atoms with Crippen molar-refractivity contribution in [2.45, 2.75) is 26.4 Å². The summed E-state index contributed by atoms with van der Waals surface area (Å²) in [6.07, 6.45) is 3.04. The Bertz CT molecular complexity index is 1290. The van der Waals surface area contributed by atoms with Gasteiger partial charge in [-0.3, -0.25) is 9.48 Å². The Balaban J connectivity index is 1.81. The number of pyridine rings is 1. The van der Waals surface area contributed by atoms with Gasteiger partial charge in [-0.1, -0.05) is 5.16 Å². The third-order valence-electron chi connectivity index (χ3n) is 5.32. The second-order valence-corrected chi connectivity index (χ2v) is 7.63. The molecule has 0 saturated carbocycles. The highest BCUT2D eigenvalue weighted by Gasteiger charge is 2.25. The number of nitrogens with one attached hydrogen (secondary N) is 2. The lowest BCUT2D eigenvalue weighted by Crippen LogP contribution is -2.18. The topological polar surface area (TPSA) is 116 Å². The van der Waals surface area contributed by atoms with Gasteiger partial charge >= 0.3 is 0 Å². The number of fused-ring (bicyclic) bond motifs is 1. The van der Waals surface area contributed by atoms with E-state index in [1.165, 1.54) is 6.26 Å². The van der Waals surface area contributed by atoms with E-state index in [9.17, 15) is 4.79 Å². The summed E-state index contributed by atoms with van der Waals surface area (Å²) < 4.78 is 17.8. The molecule has 3 heterocycles. The molecule has 1 aromatic carbocycles. The molecular formula is C23H26N6O4. The molecule has 0 aliphatic rings. The quantitative estimate of drug-likeness (QED) is 0.418. The van der Waals surface area contributed by atoms with E-state index in [0.29, 0.717) is 40.8 Å². The van der Waals surface area contributed by atoms with E-state index in [4.69, 9.17) is 19.1 Å². The van der Waals surface area contributed by atoms with Crippen molar-refractivity contribution in [1.29, 1.82) is 0 Å². The summed E-state index contributed by atoms with van der Waals surface area (Å²) in [5.74, 6) is 1.72. The lowest BCUT2D eigenvalue weighted by molar-refractivity contribution is 0.0963. The number of aromatic nitrogens is 4. The molecular weight excluding hydrogens is 424 g/mol. The maximum atomic E-state index is 12.4. The van der Waals surface area contributed by atoms with Gasteiger partial charge in [0.1, 0.15) is 40.5 Å². The van der Waals surface area contributed by atoms with Crippen LogP contribution in [0.5, 0.6) is 11.5 Å². The zero-order valence-electron chi connectivity index (χ0n) is 19.2. The Labute approximate surface area is 190 Å². The van der Waals surface area contributed by atoms with E-state index < -0.39 is 0 Å². The van der Waals surface area contributed by atoms with E-state index in [-0.39, 0.29) is 11.9 Å². The van der Waals surface area contributed by atoms with E-state index in [1.54, 1.807) is 27.5 Å². The van der Waals surface area contributed by atoms with Gasteiger partial charge in [-0.05, 0) is 32.0 Å². The highest BCUT2D eigenvalue weighted by atomic mass is 16.5. The van der Waals surface area contributed by atoms with Crippen molar-refractivity contribution >= 4 is 22.6 Å². The normalized spacial score (nSPS) is 11.1. The summed E-state index contributed by atoms with van der Waals surface area (Å²) >= 11 is 0. The molecule has 0 atom stereocenters. The largest absolute Gasteiger partial charge is 0.497 e. The highest BCUT2D eigenvalue weighted by Crippen LogP contribution is 2.35. The van der Waals surface area contributed by atoms with Crippen molar-refractivity contribution in [3.63, 3.8) is 0 Å². The molecule has 0 aliphatic carbocycles. The highest BCUT2D eigenvalue weighted by molar-refractivity contribution is 6.06. The van der Waals surface area contributed by atoms with Crippen molar-refractivity contribution in [3.05, 3.63) is 47.9 Å². The van der Waals surface area contributed by atoms with Gasteiger partial charge < -0.3 is 24.6 Å². The van der Waals surface area contributed by atoms with Crippen LogP contribution in [0, 0.1) is 0 Å². The van der Waals surface area contributed by atoms with Gasteiger partial charge in [-0.15, -0.1) is 0 Å². The molecule has 0 bridgehead atoms. The van der Waals surface area contributed by atoms with Crippen LogP contribution in [0.2, 0.25) is 0 Å². The van der Waals surface area contributed by atoms with Crippen LogP contribution in [-0.2, 0) is 6.54 Å². The van der Waals surface area contributed by atoms with Gasteiger partial charge in [0.25, 0.3) is 5.91 Å². The number of amides is 1. The zero-order valence-corrected chi connectivity index (χ0v) is 19.2. The van der Waals surface area contributed by atoms with Crippen LogP contribution >= 0.6 is 0 Å². The first-order valence-corrected chi connectivity index (χ1v) is 10.5. The Morgan fingerprint density at radius 2 is 2.00 bits per heavy atom. The Morgan fingerprint density at radius 3 is 2.70 bits per heavy atom. The van der Waals surface area contributed by atoms with E-state index in [2.05, 4.69) is 20.8 Å². The summed E-state index contributed by atoms with van der Waals surface area (Å²) in [4.78, 5) is 16.9. The fourth-order valence-electron chi connectivity index (χ4n) is 3.66. The van der Waals surface area contributed by atoms with Crippen molar-refractivity contribution in [1.82, 2.24) is 25.2 Å². The lowest BCUT2D eigenvalue weighted by Gasteiger charge is -2.13. The number of carbonyl (C=O) groups excluding carboxylic acids is 1. The molecule has 10 nitrogen and oxygen atoms in total. The van der Waals surface area contributed by atoms with Crippen molar-refractivity contribution in [2.75, 3.05) is 26.6 Å². The second kappa shape index (κ2) is 9.19. The standard InChI is InChI=1S/C23H26N6O4/c1-13(2)29-17-8-9-25-22(26-11-14-6-7-15(31-4)10-18(14)32-5)19(17)21(27-29)20-16(12-33-28-20)23(30)24-3/h6-10,12-13H,11H2,1-5H3,(H,24,30)(H,25,26). The van der Waals surface area contributed by atoms with Gasteiger partial charge in [-0.25, -0.2) is 4.98 Å². The summed E-state index contributed by atoms with van der Waals surface area (Å²) in [6, 6.07) is 7.61. The molecule has 0 spiro atoms. The molecule has 1 amide bonds. The SMILES string of the molecule is CNC(=O)c1conc1-c1nn(C(C)C)c2ccnc(NCc3ccc(OC)cc3OC)c12. The zero-order chi connectivity index (χ0) is 23.5. The van der Waals surface area contributed by atoms with E-state index >= 15 is 0 Å². The predicted octanol–water partition coefficient (Wildman–Crippen LogP) is 3.66. The van der Waals surface area contributed by atoms with Crippen LogP contribution in [0.25, 0.3) is 22.3 Å². The van der Waals surface area contributed by atoms with E-state index in [1.807, 2.05) is 42.8 Å². The van der Waals surface area contributed by atoms with Gasteiger partial charge in [0, 0.05) is 37.5 Å². The molecule has 0 unspecified atom stereocenters. The molecule has 172 valence electrons. The summed E-state index contributed by atoms with van der Waals surface area (Å²) in [7, 11) is 4.79. The van der Waals surface area contributed by atoms with Gasteiger partial charge in [0.05, 0.1) is 25.1 Å². The summed E-state index contributed by atoms with van der Waals surface area (Å²) in [5.41, 5.74) is 2.98. The van der Waals surface area contributed by atoms with Crippen molar-refractivity contribution < 1.29 is 18.8 Å². The first kappa shape index (κ1) is 22.1. The van der Waals surface area contributed by atoms with Crippen LogP contribution in [0.1, 0.15) is 35.8 Å². The van der Waals surface area contributed by atoms with Crippen LogP contribution in [0.3, 0.4) is 0 Å². The Morgan fingerprint density at radius 1 is 1.18 bits per heavy atom. The maximum absolute atomic E-state index is 12.4. The van der Waals surface area contributed by atoms with Gasteiger partial charge in [0.15, 0.2) is 0 Å². The first-order valence-electron chi connectivity index (χ1n) is 10.5. The molecule has 2 N–H and O–H groups in total. The first-order chi connectivity index (χ1) is 16.0. The molecule has 4 aromatic rings. The number of ether oxygens (including phenoxy) is 2. The average molecular weight is 450 g/mol. The number of nitrogens with zero attached hydrogens (tertiary/aromatic N) is 4.